The van der Waals surface area contributed by atoms with Crippen LogP contribution in [0.3, 0.4) is 0 Å². The van der Waals surface area contributed by atoms with Crippen molar-refractivity contribution in [2.45, 2.75) is 37.8 Å². The molecule has 1 aliphatic rings. The molecule has 106 valence electrons. The Kier molecular flexibility index (Phi) is 3.74. The number of halogens is 2. The largest absolute Gasteiger partial charge is 0.465 e. The number of carbonyl (C=O) groups excluding carboxylic acids is 1. The Hall–Kier alpha value is -1.43. The van der Waals surface area contributed by atoms with Gasteiger partial charge in [0.2, 0.25) is 0 Å². The Morgan fingerprint density at radius 1 is 1.35 bits per heavy atom. The number of benzene rings is 1. The van der Waals surface area contributed by atoms with Crippen molar-refractivity contribution in [3.05, 3.63) is 28.7 Å². The molecule has 20 heavy (non-hydrogen) atoms. The Bertz CT molecular complexity index is 635. The third-order valence-corrected chi connectivity index (χ3v) is 4.33. The van der Waals surface area contributed by atoms with E-state index in [1.807, 2.05) is 10.6 Å². The van der Waals surface area contributed by atoms with E-state index in [-0.39, 0.29) is 18.0 Å². The first-order valence-electron chi connectivity index (χ1n) is 6.59. The number of aromatic nitrogens is 2. The second kappa shape index (κ2) is 5.52. The molecule has 0 amide bonds. The van der Waals surface area contributed by atoms with Crippen molar-refractivity contribution in [3.8, 4) is 0 Å². The predicted octanol–water partition coefficient (Wildman–Crippen LogP) is 3.59. The summed E-state index contributed by atoms with van der Waals surface area (Å²) in [5, 5.41) is 0. The first-order valence-corrected chi connectivity index (χ1v) is 7.39. The van der Waals surface area contributed by atoms with Crippen molar-refractivity contribution in [2.24, 2.45) is 0 Å². The first kappa shape index (κ1) is 13.5. The summed E-state index contributed by atoms with van der Waals surface area (Å²) in [6.07, 6.45) is 5.03. The van der Waals surface area contributed by atoms with Crippen LogP contribution < -0.4 is 0 Å². The second-order valence-electron chi connectivity index (χ2n) is 5.07. The van der Waals surface area contributed by atoms with E-state index in [0.29, 0.717) is 22.0 Å². The van der Waals surface area contributed by atoms with Crippen LogP contribution in [0.25, 0.3) is 11.0 Å². The summed E-state index contributed by atoms with van der Waals surface area (Å²) in [4.78, 5) is 14.6. The number of fused-ring (bicyclic) bond motifs is 1. The second-order valence-corrected chi connectivity index (χ2v) is 5.99. The average molecular weight is 341 g/mol. The van der Waals surface area contributed by atoms with E-state index in [4.69, 9.17) is 4.74 Å². The third-order valence-electron chi connectivity index (χ3n) is 3.87. The molecule has 0 spiro atoms. The van der Waals surface area contributed by atoms with Gasteiger partial charge < -0.3 is 9.30 Å². The molecule has 0 atom stereocenters. The molecule has 0 bridgehead atoms. The van der Waals surface area contributed by atoms with Crippen LogP contribution in [0, 0.1) is 5.82 Å². The molecule has 0 unspecified atom stereocenters. The third kappa shape index (κ3) is 2.44. The van der Waals surface area contributed by atoms with Gasteiger partial charge in [-0.3, -0.25) is 4.79 Å². The van der Waals surface area contributed by atoms with E-state index in [0.717, 1.165) is 25.7 Å². The Morgan fingerprint density at radius 3 is 2.80 bits per heavy atom. The fourth-order valence-electron chi connectivity index (χ4n) is 2.90. The molecule has 2 aromatic rings. The van der Waals surface area contributed by atoms with Gasteiger partial charge in [-0.1, -0.05) is 15.9 Å². The number of nitrogens with zero attached hydrogens (tertiary/aromatic N) is 2. The van der Waals surface area contributed by atoms with Crippen molar-refractivity contribution >= 4 is 33.4 Å². The maximum absolute atomic E-state index is 14.1. The lowest BCUT2D eigenvalue weighted by Crippen LogP contribution is -2.23. The van der Waals surface area contributed by atoms with Gasteiger partial charge in [-0.25, -0.2) is 9.37 Å². The molecule has 0 N–H and O–H groups in total. The minimum Gasteiger partial charge on any atom is -0.465 e. The number of ether oxygens (including phenoxy) is 1. The highest BCUT2D eigenvalue weighted by molar-refractivity contribution is 9.10. The van der Waals surface area contributed by atoms with E-state index in [1.54, 1.807) is 6.33 Å². The fourth-order valence-corrected chi connectivity index (χ4v) is 3.32. The highest BCUT2D eigenvalue weighted by Gasteiger charge is 2.25. The molecule has 1 aliphatic carbocycles. The van der Waals surface area contributed by atoms with E-state index < -0.39 is 0 Å². The maximum Gasteiger partial charge on any atom is 0.293 e. The summed E-state index contributed by atoms with van der Waals surface area (Å²) in [7, 11) is 0. The van der Waals surface area contributed by atoms with Gasteiger partial charge in [0.15, 0.2) is 0 Å². The van der Waals surface area contributed by atoms with E-state index >= 15 is 0 Å². The molecule has 1 aromatic heterocycles. The molecule has 3 rings (SSSR count). The van der Waals surface area contributed by atoms with Gasteiger partial charge in [0.05, 0.1) is 11.8 Å². The lowest BCUT2D eigenvalue weighted by atomic mass is 9.92. The van der Waals surface area contributed by atoms with E-state index in [2.05, 4.69) is 20.9 Å². The number of carbonyl (C=O) groups is 1. The quantitative estimate of drug-likeness (QED) is 0.802. The summed E-state index contributed by atoms with van der Waals surface area (Å²) in [6, 6.07) is 3.49. The predicted molar refractivity (Wildman–Crippen MR) is 75.8 cm³/mol. The minimum atomic E-state index is -0.266. The van der Waals surface area contributed by atoms with Crippen molar-refractivity contribution in [1.29, 1.82) is 0 Å². The summed E-state index contributed by atoms with van der Waals surface area (Å²) in [5.74, 6) is -0.266. The summed E-state index contributed by atoms with van der Waals surface area (Å²) < 4.78 is 21.7. The Morgan fingerprint density at radius 2 is 2.10 bits per heavy atom. The minimum absolute atomic E-state index is 0.00229. The molecule has 4 nitrogen and oxygen atoms in total. The number of imidazole rings is 1. The number of rotatable bonds is 3. The molecule has 1 heterocycles. The monoisotopic (exact) mass is 340 g/mol. The zero-order chi connectivity index (χ0) is 14.1. The van der Waals surface area contributed by atoms with E-state index in [9.17, 15) is 9.18 Å². The van der Waals surface area contributed by atoms with Gasteiger partial charge in [-0.15, -0.1) is 0 Å². The Labute approximate surface area is 124 Å². The maximum atomic E-state index is 14.1. The highest BCUT2D eigenvalue weighted by Crippen LogP contribution is 2.33. The van der Waals surface area contributed by atoms with Crippen LogP contribution in [-0.2, 0) is 9.53 Å². The van der Waals surface area contributed by atoms with Crippen molar-refractivity contribution in [1.82, 2.24) is 9.55 Å². The lowest BCUT2D eigenvalue weighted by Gasteiger charge is -2.28. The van der Waals surface area contributed by atoms with Gasteiger partial charge in [0, 0.05) is 10.5 Å². The molecule has 6 heteroatoms. The number of hydrogen-bond acceptors (Lipinski definition) is 3. The smallest absolute Gasteiger partial charge is 0.293 e. The van der Waals surface area contributed by atoms with Gasteiger partial charge in [-0.05, 0) is 37.8 Å². The van der Waals surface area contributed by atoms with Crippen LogP contribution in [0.4, 0.5) is 4.39 Å². The van der Waals surface area contributed by atoms with Crippen LogP contribution in [-0.4, -0.2) is 22.1 Å². The molecule has 0 aliphatic heterocycles. The highest BCUT2D eigenvalue weighted by atomic mass is 79.9. The topological polar surface area (TPSA) is 44.1 Å². The van der Waals surface area contributed by atoms with Crippen LogP contribution in [0.5, 0.6) is 0 Å². The summed E-state index contributed by atoms with van der Waals surface area (Å²) in [5.41, 5.74) is 1.20. The van der Waals surface area contributed by atoms with Crippen LogP contribution in [0.2, 0.25) is 0 Å². The van der Waals surface area contributed by atoms with Crippen molar-refractivity contribution in [2.75, 3.05) is 0 Å². The van der Waals surface area contributed by atoms with Gasteiger partial charge in [-0.2, -0.15) is 0 Å². The fraction of sp³-hybridized carbons (Fsp3) is 0.429. The van der Waals surface area contributed by atoms with Crippen LogP contribution >= 0.6 is 15.9 Å². The normalized spacial score (nSPS) is 22.9. The van der Waals surface area contributed by atoms with Crippen LogP contribution in [0.1, 0.15) is 31.7 Å². The van der Waals surface area contributed by atoms with E-state index in [1.165, 1.54) is 6.07 Å². The van der Waals surface area contributed by atoms with Gasteiger partial charge >= 0.3 is 0 Å². The number of hydrogen-bond donors (Lipinski definition) is 0. The zero-order valence-electron chi connectivity index (χ0n) is 10.8. The lowest BCUT2D eigenvalue weighted by molar-refractivity contribution is -0.135. The molecular formula is C14H14BrFN2O2. The van der Waals surface area contributed by atoms with Gasteiger partial charge in [0.25, 0.3) is 6.47 Å². The van der Waals surface area contributed by atoms with Crippen LogP contribution in [0.15, 0.2) is 22.9 Å². The summed E-state index contributed by atoms with van der Waals surface area (Å²) in [6.45, 7) is 0.509. The average Bonchev–Trinajstić information content (AvgIpc) is 2.84. The molecule has 1 saturated carbocycles. The van der Waals surface area contributed by atoms with Crippen molar-refractivity contribution < 1.29 is 13.9 Å². The molecule has 0 saturated heterocycles. The molecular weight excluding hydrogens is 327 g/mol. The molecule has 1 aromatic carbocycles. The Balaban J connectivity index is 1.87. The zero-order valence-corrected chi connectivity index (χ0v) is 12.3. The standard InChI is InChI=1S/C14H14BrFN2O2/c15-9-5-12(16)14-13(6-9)17-7-18(14)10-1-3-11(4-2-10)20-8-19/h5-8,10-11H,1-4H2. The van der Waals surface area contributed by atoms with Crippen molar-refractivity contribution in [3.63, 3.8) is 0 Å². The molecule has 0 radical (unpaired) electrons. The molecule has 1 fully saturated rings. The first-order chi connectivity index (χ1) is 9.69. The SMILES string of the molecule is O=COC1CCC(n2cnc3cc(Br)cc(F)c32)CC1. The summed E-state index contributed by atoms with van der Waals surface area (Å²) >= 11 is 3.27. The van der Waals surface area contributed by atoms with Gasteiger partial charge in [0.1, 0.15) is 17.4 Å².